The minimum Gasteiger partial charge on any atom is -0.374 e. The van der Waals surface area contributed by atoms with Crippen LogP contribution in [-0.4, -0.2) is 19.7 Å². The van der Waals surface area contributed by atoms with Crippen LogP contribution in [0.3, 0.4) is 0 Å². The van der Waals surface area contributed by atoms with Gasteiger partial charge in [0.1, 0.15) is 12.4 Å². The minimum atomic E-state index is -0.0409. The smallest absolute Gasteiger partial charge is 0.154 e. The van der Waals surface area contributed by atoms with Crippen LogP contribution >= 0.6 is 0 Å². The molecule has 6 nitrogen and oxygen atoms in total. The summed E-state index contributed by atoms with van der Waals surface area (Å²) in [6, 6.07) is 4.02. The highest BCUT2D eigenvalue weighted by molar-refractivity contribution is 5.60. The van der Waals surface area contributed by atoms with Crippen LogP contribution in [0.5, 0.6) is 0 Å². The third-order valence-corrected chi connectivity index (χ3v) is 2.95. The minimum absolute atomic E-state index is 0.0409. The van der Waals surface area contributed by atoms with E-state index >= 15 is 0 Å². The highest BCUT2D eigenvalue weighted by atomic mass is 15.3. The van der Waals surface area contributed by atoms with Crippen molar-refractivity contribution in [2.45, 2.75) is 26.8 Å². The van der Waals surface area contributed by atoms with Gasteiger partial charge < -0.3 is 9.88 Å². The second-order valence-corrected chi connectivity index (χ2v) is 4.55. The second kappa shape index (κ2) is 5.06. The quantitative estimate of drug-likeness (QED) is 0.906. The van der Waals surface area contributed by atoms with Crippen molar-refractivity contribution in [1.29, 1.82) is 5.26 Å². The summed E-state index contributed by atoms with van der Waals surface area (Å²) in [6.07, 6.45) is 1.65. The van der Waals surface area contributed by atoms with Gasteiger partial charge in [0.05, 0.1) is 23.0 Å². The first kappa shape index (κ1) is 13.0. The summed E-state index contributed by atoms with van der Waals surface area (Å²) in [5, 5.41) is 20.4. The Morgan fingerprint density at radius 2 is 2.16 bits per heavy atom. The van der Waals surface area contributed by atoms with Crippen molar-refractivity contribution in [2.24, 2.45) is 7.05 Å². The Morgan fingerprint density at radius 3 is 2.74 bits per heavy atom. The van der Waals surface area contributed by atoms with E-state index in [-0.39, 0.29) is 6.04 Å². The summed E-state index contributed by atoms with van der Waals surface area (Å²) in [4.78, 5) is 4.30. The van der Waals surface area contributed by atoms with Gasteiger partial charge in [-0.2, -0.15) is 5.26 Å². The molecule has 0 fully saturated rings. The summed E-state index contributed by atoms with van der Waals surface area (Å²) in [6.45, 7) is 5.73. The molecule has 0 aliphatic heterocycles. The van der Waals surface area contributed by atoms with E-state index in [0.29, 0.717) is 5.56 Å². The van der Waals surface area contributed by atoms with Gasteiger partial charge in [-0.05, 0) is 26.8 Å². The van der Waals surface area contributed by atoms with Gasteiger partial charge in [0.15, 0.2) is 5.82 Å². The lowest BCUT2D eigenvalue weighted by Crippen LogP contribution is -2.13. The molecule has 0 aromatic carbocycles. The van der Waals surface area contributed by atoms with Crippen LogP contribution in [-0.2, 0) is 7.05 Å². The first-order valence-electron chi connectivity index (χ1n) is 6.01. The van der Waals surface area contributed by atoms with Gasteiger partial charge in [-0.3, -0.25) is 4.98 Å². The highest BCUT2D eigenvalue weighted by Gasteiger charge is 2.15. The van der Waals surface area contributed by atoms with Gasteiger partial charge in [-0.25, -0.2) is 0 Å². The van der Waals surface area contributed by atoms with Gasteiger partial charge in [-0.1, -0.05) is 0 Å². The Bertz CT molecular complexity index is 637. The normalized spacial score (nSPS) is 11.9. The van der Waals surface area contributed by atoms with E-state index in [9.17, 15) is 5.26 Å². The summed E-state index contributed by atoms with van der Waals surface area (Å²) < 4.78 is 1.85. The molecule has 2 aromatic heterocycles. The molecule has 0 aliphatic carbocycles. The van der Waals surface area contributed by atoms with E-state index in [1.54, 1.807) is 6.33 Å². The molecule has 98 valence electrons. The Morgan fingerprint density at radius 1 is 1.42 bits per heavy atom. The summed E-state index contributed by atoms with van der Waals surface area (Å²) in [5.74, 6) is 0.816. The molecular weight excluding hydrogens is 240 g/mol. The van der Waals surface area contributed by atoms with Crippen LogP contribution < -0.4 is 5.32 Å². The molecule has 1 unspecified atom stereocenters. The van der Waals surface area contributed by atoms with Crippen LogP contribution in [0.4, 0.5) is 5.69 Å². The van der Waals surface area contributed by atoms with Crippen LogP contribution in [0.1, 0.15) is 35.7 Å². The first-order valence-corrected chi connectivity index (χ1v) is 6.01. The molecule has 0 radical (unpaired) electrons. The number of hydrogen-bond acceptors (Lipinski definition) is 5. The number of aromatic nitrogens is 4. The van der Waals surface area contributed by atoms with E-state index in [1.165, 1.54) is 0 Å². The van der Waals surface area contributed by atoms with Crippen molar-refractivity contribution in [3.8, 4) is 6.07 Å². The van der Waals surface area contributed by atoms with Crippen molar-refractivity contribution in [1.82, 2.24) is 19.7 Å². The zero-order valence-electron chi connectivity index (χ0n) is 11.5. The monoisotopic (exact) mass is 256 g/mol. The third-order valence-electron chi connectivity index (χ3n) is 2.95. The van der Waals surface area contributed by atoms with Gasteiger partial charge in [0.2, 0.25) is 0 Å². The highest BCUT2D eigenvalue weighted by Crippen LogP contribution is 2.23. The number of pyridine rings is 1. The lowest BCUT2D eigenvalue weighted by Gasteiger charge is -2.16. The van der Waals surface area contributed by atoms with E-state index in [0.717, 1.165) is 22.9 Å². The van der Waals surface area contributed by atoms with Crippen molar-refractivity contribution < 1.29 is 0 Å². The van der Waals surface area contributed by atoms with Crippen LogP contribution in [0.15, 0.2) is 12.4 Å². The Kier molecular flexibility index (Phi) is 3.47. The lowest BCUT2D eigenvalue weighted by molar-refractivity contribution is 0.718. The number of nitriles is 1. The Balaban J connectivity index is 2.34. The van der Waals surface area contributed by atoms with Crippen LogP contribution in [0.2, 0.25) is 0 Å². The largest absolute Gasteiger partial charge is 0.374 e. The average molecular weight is 256 g/mol. The van der Waals surface area contributed by atoms with E-state index in [4.69, 9.17) is 0 Å². The lowest BCUT2D eigenvalue weighted by atomic mass is 10.1. The molecule has 0 saturated heterocycles. The zero-order chi connectivity index (χ0) is 14.0. The van der Waals surface area contributed by atoms with Crippen molar-refractivity contribution in [2.75, 3.05) is 5.32 Å². The second-order valence-electron chi connectivity index (χ2n) is 4.55. The molecule has 1 atom stereocenters. The molecule has 2 rings (SSSR count). The van der Waals surface area contributed by atoms with Crippen molar-refractivity contribution in [3.63, 3.8) is 0 Å². The van der Waals surface area contributed by atoms with Gasteiger partial charge in [-0.15, -0.1) is 10.2 Å². The van der Waals surface area contributed by atoms with Crippen LogP contribution in [0.25, 0.3) is 0 Å². The predicted molar refractivity (Wildman–Crippen MR) is 71.5 cm³/mol. The number of aryl methyl sites for hydroxylation is 3. The van der Waals surface area contributed by atoms with E-state index in [2.05, 4.69) is 26.6 Å². The van der Waals surface area contributed by atoms with E-state index in [1.807, 2.05) is 38.5 Å². The Labute approximate surface area is 112 Å². The van der Waals surface area contributed by atoms with Crippen molar-refractivity contribution in [3.05, 3.63) is 35.2 Å². The molecule has 0 amide bonds. The number of rotatable bonds is 3. The summed E-state index contributed by atoms with van der Waals surface area (Å²) in [7, 11) is 1.89. The predicted octanol–water partition coefficient (Wildman–Crippen LogP) is 1.87. The number of nitrogens with one attached hydrogen (secondary N) is 1. The molecule has 0 aliphatic rings. The first-order chi connectivity index (χ1) is 9.02. The standard InChI is InChI=1S/C13H16N6/c1-8-5-12(11(6-14)9(2)16-8)17-10(3)13-18-15-7-19(13)4/h5,7,10H,1-4H3,(H,16,17). The Hall–Kier alpha value is -2.42. The maximum absolute atomic E-state index is 9.23. The molecular formula is C13H16N6. The molecule has 0 saturated carbocycles. The molecule has 1 N–H and O–H groups in total. The molecule has 6 heteroatoms. The molecule has 2 heterocycles. The van der Waals surface area contributed by atoms with Gasteiger partial charge >= 0.3 is 0 Å². The molecule has 0 bridgehead atoms. The van der Waals surface area contributed by atoms with Gasteiger partial charge in [0.25, 0.3) is 0 Å². The number of hydrogen-bond donors (Lipinski definition) is 1. The third kappa shape index (κ3) is 2.55. The SMILES string of the molecule is Cc1cc(NC(C)c2nncn2C)c(C#N)c(C)n1. The maximum atomic E-state index is 9.23. The fraction of sp³-hybridized carbons (Fsp3) is 0.385. The van der Waals surface area contributed by atoms with E-state index < -0.39 is 0 Å². The van der Waals surface area contributed by atoms with Gasteiger partial charge in [0, 0.05) is 12.7 Å². The average Bonchev–Trinajstić information content (AvgIpc) is 2.75. The summed E-state index contributed by atoms with van der Waals surface area (Å²) in [5.41, 5.74) is 2.96. The zero-order valence-corrected chi connectivity index (χ0v) is 11.5. The van der Waals surface area contributed by atoms with Crippen LogP contribution in [0, 0.1) is 25.2 Å². The topological polar surface area (TPSA) is 79.4 Å². The maximum Gasteiger partial charge on any atom is 0.154 e. The summed E-state index contributed by atoms with van der Waals surface area (Å²) >= 11 is 0. The fourth-order valence-corrected chi connectivity index (χ4v) is 2.07. The fourth-order valence-electron chi connectivity index (χ4n) is 2.07. The van der Waals surface area contributed by atoms with Crippen molar-refractivity contribution >= 4 is 5.69 Å². The number of anilines is 1. The number of nitrogens with zero attached hydrogens (tertiary/aromatic N) is 5. The molecule has 0 spiro atoms. The molecule has 19 heavy (non-hydrogen) atoms. The molecule has 2 aromatic rings.